The highest BCUT2D eigenvalue weighted by Crippen LogP contribution is 2.49. The van der Waals surface area contributed by atoms with E-state index in [0.29, 0.717) is 0 Å². The van der Waals surface area contributed by atoms with E-state index in [9.17, 15) is 4.79 Å². The molecule has 2 aromatic rings. The molecule has 1 atom stereocenters. The number of aryl methyl sites for hydroxylation is 2. The second-order valence-corrected chi connectivity index (χ2v) is 9.86. The maximum atomic E-state index is 12.9. The van der Waals surface area contributed by atoms with E-state index in [4.69, 9.17) is 0 Å². The van der Waals surface area contributed by atoms with Gasteiger partial charge >= 0.3 is 0 Å². The third-order valence-corrected chi connectivity index (χ3v) is 7.91. The first kappa shape index (κ1) is 17.4. The zero-order valence-electron chi connectivity index (χ0n) is 16.1. The molecular formula is C23H28N2OS. The minimum Gasteiger partial charge on any atom is -0.325 e. The quantitative estimate of drug-likeness (QED) is 0.755. The molecule has 3 nitrogen and oxygen atoms in total. The summed E-state index contributed by atoms with van der Waals surface area (Å²) >= 11 is 1.97. The van der Waals surface area contributed by atoms with Crippen LogP contribution in [0.2, 0.25) is 0 Å². The Morgan fingerprint density at radius 3 is 3.07 bits per heavy atom. The molecular weight excluding hydrogens is 352 g/mol. The molecule has 27 heavy (non-hydrogen) atoms. The average molecular weight is 381 g/mol. The smallest absolute Gasteiger partial charge is 0.235 e. The van der Waals surface area contributed by atoms with Crippen LogP contribution in [0, 0.1) is 6.92 Å². The number of nitrogens with one attached hydrogen (secondary N) is 1. The summed E-state index contributed by atoms with van der Waals surface area (Å²) in [6.07, 6.45) is 7.80. The Hall–Kier alpha value is -1.65. The van der Waals surface area contributed by atoms with Gasteiger partial charge < -0.3 is 5.32 Å². The summed E-state index contributed by atoms with van der Waals surface area (Å²) in [5.41, 5.74) is 5.10. The molecule has 1 N–H and O–H groups in total. The van der Waals surface area contributed by atoms with Crippen molar-refractivity contribution in [3.63, 3.8) is 0 Å². The van der Waals surface area contributed by atoms with Crippen molar-refractivity contribution in [1.82, 2.24) is 4.90 Å². The SMILES string of the molecule is Cc1cc2c(s1)CCN(CCCC[C@@]13CCCc4cccc(c41)NC3=O)C2. The summed E-state index contributed by atoms with van der Waals surface area (Å²) in [5, 5.41) is 3.18. The minimum atomic E-state index is -0.246. The van der Waals surface area contributed by atoms with E-state index in [0.717, 1.165) is 50.9 Å². The molecule has 4 heteroatoms. The Labute approximate surface area is 165 Å². The molecule has 1 aliphatic carbocycles. The number of amides is 1. The van der Waals surface area contributed by atoms with Gasteiger partial charge in [0.1, 0.15) is 0 Å². The molecule has 0 fully saturated rings. The highest BCUT2D eigenvalue weighted by atomic mass is 32.1. The van der Waals surface area contributed by atoms with E-state index in [2.05, 4.69) is 41.4 Å². The van der Waals surface area contributed by atoms with Crippen LogP contribution in [0.4, 0.5) is 5.69 Å². The Balaban J connectivity index is 1.22. The molecule has 3 aliphatic rings. The fraction of sp³-hybridized carbons (Fsp3) is 0.522. The molecule has 2 aliphatic heterocycles. The van der Waals surface area contributed by atoms with Crippen LogP contribution < -0.4 is 5.32 Å². The number of carbonyl (C=O) groups excluding carboxylic acids is 1. The fourth-order valence-electron chi connectivity index (χ4n) is 5.51. The Morgan fingerprint density at radius 1 is 1.22 bits per heavy atom. The van der Waals surface area contributed by atoms with E-state index in [1.807, 2.05) is 11.3 Å². The van der Waals surface area contributed by atoms with Crippen LogP contribution in [-0.4, -0.2) is 23.9 Å². The van der Waals surface area contributed by atoms with Crippen LogP contribution in [0.25, 0.3) is 0 Å². The molecule has 0 unspecified atom stereocenters. The average Bonchev–Trinajstić information content (AvgIpc) is 3.17. The maximum Gasteiger partial charge on any atom is 0.235 e. The van der Waals surface area contributed by atoms with Gasteiger partial charge in [-0.15, -0.1) is 11.3 Å². The maximum absolute atomic E-state index is 12.9. The second-order valence-electron chi connectivity index (χ2n) is 8.52. The number of rotatable bonds is 5. The van der Waals surface area contributed by atoms with Crippen LogP contribution in [0.3, 0.4) is 0 Å². The first-order chi connectivity index (χ1) is 13.2. The van der Waals surface area contributed by atoms with Gasteiger partial charge in [0.2, 0.25) is 5.91 Å². The number of hydrogen-bond acceptors (Lipinski definition) is 3. The van der Waals surface area contributed by atoms with E-state index in [-0.39, 0.29) is 11.3 Å². The number of unbranched alkanes of at least 4 members (excludes halogenated alkanes) is 1. The second kappa shape index (κ2) is 6.75. The third kappa shape index (κ3) is 2.94. The van der Waals surface area contributed by atoms with Gasteiger partial charge in [0.05, 0.1) is 5.41 Å². The van der Waals surface area contributed by atoms with Crippen molar-refractivity contribution < 1.29 is 4.79 Å². The molecule has 0 saturated heterocycles. The first-order valence-corrected chi connectivity index (χ1v) is 11.2. The van der Waals surface area contributed by atoms with Crippen molar-refractivity contribution in [3.05, 3.63) is 50.7 Å². The van der Waals surface area contributed by atoms with E-state index < -0.39 is 0 Å². The molecule has 1 aromatic carbocycles. The Kier molecular flexibility index (Phi) is 4.36. The van der Waals surface area contributed by atoms with Gasteiger partial charge in [0.15, 0.2) is 0 Å². The Morgan fingerprint density at radius 2 is 2.15 bits per heavy atom. The summed E-state index contributed by atoms with van der Waals surface area (Å²) in [4.78, 5) is 18.5. The topological polar surface area (TPSA) is 32.3 Å². The molecule has 1 aromatic heterocycles. The Bertz CT molecular complexity index is 886. The lowest BCUT2D eigenvalue weighted by atomic mass is 9.68. The molecule has 3 heterocycles. The van der Waals surface area contributed by atoms with Crippen molar-refractivity contribution in [1.29, 1.82) is 0 Å². The monoisotopic (exact) mass is 380 g/mol. The fourth-order valence-corrected chi connectivity index (χ4v) is 6.55. The van der Waals surface area contributed by atoms with Crippen LogP contribution >= 0.6 is 11.3 Å². The van der Waals surface area contributed by atoms with Crippen molar-refractivity contribution in [2.45, 2.75) is 63.8 Å². The van der Waals surface area contributed by atoms with Gasteiger partial charge in [-0.3, -0.25) is 9.69 Å². The molecule has 5 rings (SSSR count). The lowest BCUT2D eigenvalue weighted by Gasteiger charge is -2.33. The summed E-state index contributed by atoms with van der Waals surface area (Å²) in [7, 11) is 0. The molecule has 0 spiro atoms. The predicted octanol–water partition coefficient (Wildman–Crippen LogP) is 4.81. The number of thiophene rings is 1. The lowest BCUT2D eigenvalue weighted by molar-refractivity contribution is -0.121. The predicted molar refractivity (Wildman–Crippen MR) is 112 cm³/mol. The standard InChI is InChI=1S/C23H28N2OS/c1-16-14-18-15-25(13-9-20(18)27-16)12-3-2-10-23-11-5-7-17-6-4-8-19(21(17)23)24-22(23)26/h4,6,8,14H,2-3,5,7,9-13,15H2,1H3,(H,24,26)/t23-/m1/s1. The van der Waals surface area contributed by atoms with Crippen molar-refractivity contribution >= 4 is 22.9 Å². The first-order valence-electron chi connectivity index (χ1n) is 10.4. The zero-order valence-corrected chi connectivity index (χ0v) is 17.0. The summed E-state index contributed by atoms with van der Waals surface area (Å²) in [6, 6.07) is 8.76. The van der Waals surface area contributed by atoms with Gasteiger partial charge in [-0.2, -0.15) is 0 Å². The van der Waals surface area contributed by atoms with E-state index in [1.54, 1.807) is 10.4 Å². The summed E-state index contributed by atoms with van der Waals surface area (Å²) < 4.78 is 0. The number of nitrogens with zero attached hydrogens (tertiary/aromatic N) is 1. The van der Waals surface area contributed by atoms with Crippen LogP contribution in [-0.2, 0) is 29.6 Å². The normalized spacial score (nSPS) is 23.8. The van der Waals surface area contributed by atoms with Crippen LogP contribution in [0.5, 0.6) is 0 Å². The molecule has 0 radical (unpaired) electrons. The van der Waals surface area contributed by atoms with Crippen molar-refractivity contribution in [2.75, 3.05) is 18.4 Å². The number of hydrogen-bond donors (Lipinski definition) is 1. The van der Waals surface area contributed by atoms with E-state index in [1.165, 1.54) is 35.4 Å². The van der Waals surface area contributed by atoms with Gasteiger partial charge in [-0.25, -0.2) is 0 Å². The molecule has 0 bridgehead atoms. The number of carbonyl (C=O) groups is 1. The number of benzene rings is 1. The number of fused-ring (bicyclic) bond motifs is 1. The van der Waals surface area contributed by atoms with Crippen LogP contribution in [0.1, 0.15) is 58.5 Å². The van der Waals surface area contributed by atoms with Gasteiger partial charge in [0.25, 0.3) is 0 Å². The molecule has 142 valence electrons. The largest absolute Gasteiger partial charge is 0.325 e. The van der Waals surface area contributed by atoms with E-state index >= 15 is 0 Å². The van der Waals surface area contributed by atoms with Gasteiger partial charge in [-0.05, 0) is 80.8 Å². The highest BCUT2D eigenvalue weighted by Gasteiger charge is 2.48. The minimum absolute atomic E-state index is 0.246. The zero-order chi connectivity index (χ0) is 18.4. The summed E-state index contributed by atoms with van der Waals surface area (Å²) in [5.74, 6) is 0.251. The number of anilines is 1. The summed E-state index contributed by atoms with van der Waals surface area (Å²) in [6.45, 7) is 5.67. The van der Waals surface area contributed by atoms with Crippen molar-refractivity contribution in [3.8, 4) is 0 Å². The highest BCUT2D eigenvalue weighted by molar-refractivity contribution is 7.12. The third-order valence-electron chi connectivity index (χ3n) is 6.76. The molecule has 1 amide bonds. The lowest BCUT2D eigenvalue weighted by Crippen LogP contribution is -2.37. The van der Waals surface area contributed by atoms with Gasteiger partial charge in [-0.1, -0.05) is 18.6 Å². The van der Waals surface area contributed by atoms with Crippen molar-refractivity contribution in [2.24, 2.45) is 0 Å². The molecule has 0 saturated carbocycles. The van der Waals surface area contributed by atoms with Crippen LogP contribution in [0.15, 0.2) is 24.3 Å². The van der Waals surface area contributed by atoms with Gasteiger partial charge in [0, 0.05) is 28.5 Å².